The molecule has 0 heterocycles. The Morgan fingerprint density at radius 1 is 1.35 bits per heavy atom. The van der Waals surface area contributed by atoms with Gasteiger partial charge in [-0.15, -0.1) is 0 Å². The molecule has 0 spiro atoms. The topological polar surface area (TPSA) is 21.3 Å². The Kier molecular flexibility index (Phi) is 6.31. The molecule has 0 amide bonds. The van der Waals surface area contributed by atoms with Crippen molar-refractivity contribution in [3.05, 3.63) is 27.7 Å². The number of benzene rings is 1. The van der Waals surface area contributed by atoms with Crippen LogP contribution in [0.3, 0.4) is 0 Å². The molecule has 2 nitrogen and oxygen atoms in total. The van der Waals surface area contributed by atoms with Crippen molar-refractivity contribution in [1.82, 2.24) is 5.32 Å². The number of halogens is 2. The van der Waals surface area contributed by atoms with E-state index < -0.39 is 0 Å². The van der Waals surface area contributed by atoms with Crippen molar-refractivity contribution in [3.8, 4) is 5.75 Å². The van der Waals surface area contributed by atoms with Crippen molar-refractivity contribution in [1.29, 1.82) is 0 Å². The first-order chi connectivity index (χ1) is 7.99. The van der Waals surface area contributed by atoms with E-state index in [-0.39, 0.29) is 0 Å². The minimum absolute atomic E-state index is 0.456. The number of nitrogens with one attached hydrogen (secondary N) is 1. The fourth-order valence-corrected chi connectivity index (χ4v) is 2.05. The quantitative estimate of drug-likeness (QED) is 0.851. The molecule has 1 unspecified atom stereocenters. The van der Waals surface area contributed by atoms with Crippen LogP contribution in [0.1, 0.15) is 20.8 Å². The summed E-state index contributed by atoms with van der Waals surface area (Å²) in [5.74, 6) is 1.20. The van der Waals surface area contributed by atoms with Crippen molar-refractivity contribution in [2.75, 3.05) is 13.2 Å². The Bertz CT molecular complexity index is 357. The van der Waals surface area contributed by atoms with Gasteiger partial charge in [0.1, 0.15) is 5.75 Å². The maximum Gasteiger partial charge on any atom is 0.137 e. The largest absolute Gasteiger partial charge is 0.492 e. The highest BCUT2D eigenvalue weighted by atomic mass is 79.9. The summed E-state index contributed by atoms with van der Waals surface area (Å²) in [7, 11) is 0. The average Bonchev–Trinajstić information content (AvgIpc) is 2.25. The lowest BCUT2D eigenvalue weighted by molar-refractivity contribution is 0.253. The molecular formula is C13H19BrClNO. The molecule has 0 aliphatic heterocycles. The summed E-state index contributed by atoms with van der Waals surface area (Å²) >= 11 is 9.44. The van der Waals surface area contributed by atoms with E-state index in [0.717, 1.165) is 16.8 Å². The summed E-state index contributed by atoms with van der Waals surface area (Å²) in [5, 5.41) is 4.03. The molecule has 1 N–H and O–H groups in total. The van der Waals surface area contributed by atoms with Crippen LogP contribution in [0.2, 0.25) is 5.02 Å². The highest BCUT2D eigenvalue weighted by molar-refractivity contribution is 9.10. The Morgan fingerprint density at radius 2 is 2.06 bits per heavy atom. The normalized spacial score (nSPS) is 12.8. The van der Waals surface area contributed by atoms with Crippen LogP contribution in [0.25, 0.3) is 0 Å². The Labute approximate surface area is 117 Å². The van der Waals surface area contributed by atoms with E-state index >= 15 is 0 Å². The van der Waals surface area contributed by atoms with Crippen molar-refractivity contribution in [3.63, 3.8) is 0 Å². The molecule has 0 aliphatic rings. The van der Waals surface area contributed by atoms with Crippen LogP contribution < -0.4 is 10.1 Å². The van der Waals surface area contributed by atoms with Gasteiger partial charge < -0.3 is 10.1 Å². The Hall–Kier alpha value is -0.250. The molecule has 0 aromatic heterocycles. The monoisotopic (exact) mass is 319 g/mol. The van der Waals surface area contributed by atoms with Crippen molar-refractivity contribution >= 4 is 27.5 Å². The third-order valence-corrected chi connectivity index (χ3v) is 3.08. The zero-order chi connectivity index (χ0) is 12.8. The van der Waals surface area contributed by atoms with E-state index in [1.165, 1.54) is 0 Å². The average molecular weight is 321 g/mol. The zero-order valence-corrected chi connectivity index (χ0v) is 12.8. The third kappa shape index (κ3) is 5.75. The van der Waals surface area contributed by atoms with E-state index in [2.05, 4.69) is 42.0 Å². The predicted molar refractivity (Wildman–Crippen MR) is 76.9 cm³/mol. The van der Waals surface area contributed by atoms with Crippen LogP contribution in [-0.2, 0) is 0 Å². The maximum atomic E-state index is 6.07. The van der Waals surface area contributed by atoms with Gasteiger partial charge in [-0.1, -0.05) is 48.3 Å². The summed E-state index contributed by atoms with van der Waals surface area (Å²) in [6, 6.07) is 6.16. The van der Waals surface area contributed by atoms with Gasteiger partial charge in [0.25, 0.3) is 0 Å². The van der Waals surface area contributed by atoms with E-state index in [0.29, 0.717) is 23.6 Å². The molecule has 1 aromatic carbocycles. The van der Waals surface area contributed by atoms with E-state index in [1.807, 2.05) is 18.2 Å². The Balaban J connectivity index is 2.39. The summed E-state index contributed by atoms with van der Waals surface area (Å²) < 4.78 is 6.66. The lowest BCUT2D eigenvalue weighted by atomic mass is 10.2. The number of hydrogen-bond acceptors (Lipinski definition) is 2. The zero-order valence-electron chi connectivity index (χ0n) is 10.5. The van der Waals surface area contributed by atoms with Crippen LogP contribution in [0, 0.1) is 5.92 Å². The van der Waals surface area contributed by atoms with Gasteiger partial charge in [-0.25, -0.2) is 0 Å². The van der Waals surface area contributed by atoms with E-state index in [4.69, 9.17) is 16.3 Å². The molecule has 1 atom stereocenters. The summed E-state index contributed by atoms with van der Waals surface area (Å²) in [6.07, 6.45) is 0. The molecule has 17 heavy (non-hydrogen) atoms. The van der Waals surface area contributed by atoms with Crippen molar-refractivity contribution in [2.45, 2.75) is 26.8 Å². The summed E-state index contributed by atoms with van der Waals surface area (Å²) in [4.78, 5) is 0. The molecule has 1 rings (SSSR count). The molecule has 0 fully saturated rings. The Morgan fingerprint density at radius 3 is 2.65 bits per heavy atom. The van der Waals surface area contributed by atoms with Gasteiger partial charge in [-0.05, 0) is 18.2 Å². The summed E-state index contributed by atoms with van der Waals surface area (Å²) in [5.41, 5.74) is 0. The van der Waals surface area contributed by atoms with Gasteiger partial charge >= 0.3 is 0 Å². The SMILES string of the molecule is CC(CNC(C)C)COc1ccc(Br)cc1Cl. The van der Waals surface area contributed by atoms with E-state index in [1.54, 1.807) is 0 Å². The van der Waals surface area contributed by atoms with Crippen molar-refractivity contribution < 1.29 is 4.74 Å². The second-order valence-electron chi connectivity index (χ2n) is 4.55. The predicted octanol–water partition coefficient (Wildman–Crippen LogP) is 4.12. The number of rotatable bonds is 6. The molecule has 0 saturated heterocycles. The second-order valence-corrected chi connectivity index (χ2v) is 5.88. The van der Waals surface area contributed by atoms with E-state index in [9.17, 15) is 0 Å². The van der Waals surface area contributed by atoms with Crippen LogP contribution in [0.4, 0.5) is 0 Å². The fraction of sp³-hybridized carbons (Fsp3) is 0.538. The third-order valence-electron chi connectivity index (χ3n) is 2.29. The summed E-state index contributed by atoms with van der Waals surface area (Å²) in [6.45, 7) is 8.05. The first kappa shape index (κ1) is 14.8. The van der Waals surface area contributed by atoms with Crippen LogP contribution >= 0.6 is 27.5 Å². The highest BCUT2D eigenvalue weighted by Crippen LogP contribution is 2.27. The first-order valence-corrected chi connectivity index (χ1v) is 6.97. The fourth-order valence-electron chi connectivity index (χ4n) is 1.32. The molecule has 0 saturated carbocycles. The van der Waals surface area contributed by atoms with Crippen LogP contribution in [-0.4, -0.2) is 19.2 Å². The highest BCUT2D eigenvalue weighted by Gasteiger charge is 2.06. The number of hydrogen-bond donors (Lipinski definition) is 1. The minimum Gasteiger partial charge on any atom is -0.492 e. The molecule has 0 radical (unpaired) electrons. The first-order valence-electron chi connectivity index (χ1n) is 5.80. The van der Waals surface area contributed by atoms with Gasteiger partial charge in [0.2, 0.25) is 0 Å². The van der Waals surface area contributed by atoms with Crippen molar-refractivity contribution in [2.24, 2.45) is 5.92 Å². The standard InChI is InChI=1S/C13H19BrClNO/c1-9(2)16-7-10(3)8-17-13-5-4-11(14)6-12(13)15/h4-6,9-10,16H,7-8H2,1-3H3. The van der Waals surface area contributed by atoms with Gasteiger partial charge in [0, 0.05) is 23.0 Å². The molecule has 0 aliphatic carbocycles. The molecule has 0 bridgehead atoms. The van der Waals surface area contributed by atoms with Crippen LogP contribution in [0.15, 0.2) is 22.7 Å². The van der Waals surface area contributed by atoms with Gasteiger partial charge in [-0.2, -0.15) is 0 Å². The van der Waals surface area contributed by atoms with Gasteiger partial charge in [0.05, 0.1) is 11.6 Å². The lowest BCUT2D eigenvalue weighted by Crippen LogP contribution is -2.30. The molecular weight excluding hydrogens is 302 g/mol. The molecule has 1 aromatic rings. The smallest absolute Gasteiger partial charge is 0.137 e. The van der Waals surface area contributed by atoms with Gasteiger partial charge in [-0.3, -0.25) is 0 Å². The second kappa shape index (κ2) is 7.24. The molecule has 4 heteroatoms. The van der Waals surface area contributed by atoms with Gasteiger partial charge in [0.15, 0.2) is 0 Å². The molecule has 96 valence electrons. The minimum atomic E-state index is 0.456. The maximum absolute atomic E-state index is 6.07. The lowest BCUT2D eigenvalue weighted by Gasteiger charge is -2.16. The van der Waals surface area contributed by atoms with Crippen LogP contribution in [0.5, 0.6) is 5.75 Å². The number of ether oxygens (including phenoxy) is 1.